The molecule has 1 heterocycles. The molecule has 1 rings (SSSR count). The zero-order valence-electron chi connectivity index (χ0n) is 8.38. The Bertz CT molecular complexity index is 487. The van der Waals surface area contributed by atoms with Crippen LogP contribution in [0.15, 0.2) is 4.42 Å². The third kappa shape index (κ3) is 1.99. The van der Waals surface area contributed by atoms with E-state index in [1.54, 1.807) is 0 Å². The normalized spacial score (nSPS) is 12.7. The molecule has 0 saturated heterocycles. The van der Waals surface area contributed by atoms with E-state index in [0.29, 0.717) is 0 Å². The molecule has 0 fully saturated rings. The summed E-state index contributed by atoms with van der Waals surface area (Å²) in [5.74, 6) is -2.25. The Hall–Kier alpha value is -1.44. The first-order valence-electron chi connectivity index (χ1n) is 3.93. The van der Waals surface area contributed by atoms with Gasteiger partial charge < -0.3 is 9.52 Å². The van der Waals surface area contributed by atoms with E-state index in [9.17, 15) is 13.2 Å². The predicted molar refractivity (Wildman–Crippen MR) is 49.1 cm³/mol. The highest BCUT2D eigenvalue weighted by molar-refractivity contribution is 7.91. The van der Waals surface area contributed by atoms with E-state index in [-0.39, 0.29) is 5.89 Å². The number of aromatic nitrogens is 2. The summed E-state index contributed by atoms with van der Waals surface area (Å²) >= 11 is 0. The van der Waals surface area contributed by atoms with E-state index in [4.69, 9.17) is 9.52 Å². The summed E-state index contributed by atoms with van der Waals surface area (Å²) in [6.07, 6.45) is 1.01. The second kappa shape index (κ2) is 3.30. The van der Waals surface area contributed by atoms with E-state index in [1.807, 2.05) is 0 Å². The van der Waals surface area contributed by atoms with Crippen molar-refractivity contribution in [3.63, 3.8) is 0 Å². The average molecular weight is 234 g/mol. The maximum Gasteiger partial charge on any atom is 0.393 e. The van der Waals surface area contributed by atoms with Crippen molar-refractivity contribution >= 4 is 15.8 Å². The molecule has 0 atom stereocenters. The minimum atomic E-state index is -3.46. The highest BCUT2D eigenvalue weighted by Gasteiger charge is 2.38. The number of carbonyl (C=O) groups is 1. The quantitative estimate of drug-likeness (QED) is 0.786. The SMILES string of the molecule is CC(C)(c1nnc(C(=O)O)o1)S(C)(=O)=O. The third-order valence-electron chi connectivity index (χ3n) is 2.05. The molecule has 0 aliphatic rings. The van der Waals surface area contributed by atoms with Gasteiger partial charge in [0.15, 0.2) is 9.84 Å². The molecule has 0 amide bonds. The molecule has 15 heavy (non-hydrogen) atoms. The Labute approximate surface area is 86.0 Å². The molecule has 1 N–H and O–H groups in total. The number of rotatable bonds is 3. The maximum atomic E-state index is 11.4. The Morgan fingerprint density at radius 1 is 1.40 bits per heavy atom. The largest absolute Gasteiger partial charge is 0.474 e. The van der Waals surface area contributed by atoms with Crippen LogP contribution in [0.1, 0.15) is 30.4 Å². The molecule has 0 spiro atoms. The minimum Gasteiger partial charge on any atom is -0.474 e. The van der Waals surface area contributed by atoms with Crippen LogP contribution in [0.25, 0.3) is 0 Å². The molecule has 0 saturated carbocycles. The first kappa shape index (κ1) is 11.6. The fourth-order valence-corrected chi connectivity index (χ4v) is 1.11. The van der Waals surface area contributed by atoms with Gasteiger partial charge in [-0.25, -0.2) is 13.2 Å². The Morgan fingerprint density at radius 2 is 1.93 bits per heavy atom. The van der Waals surface area contributed by atoms with Gasteiger partial charge in [-0.05, 0) is 13.8 Å². The molecule has 1 aromatic heterocycles. The predicted octanol–water partition coefficient (Wildman–Crippen LogP) is 0.0475. The molecule has 0 radical (unpaired) electrons. The molecule has 0 aliphatic carbocycles. The van der Waals surface area contributed by atoms with Gasteiger partial charge in [0.05, 0.1) is 0 Å². The van der Waals surface area contributed by atoms with Crippen LogP contribution in [-0.4, -0.2) is 35.9 Å². The lowest BCUT2D eigenvalue weighted by Gasteiger charge is -2.16. The van der Waals surface area contributed by atoms with Gasteiger partial charge in [-0.15, -0.1) is 10.2 Å². The summed E-state index contributed by atoms with van der Waals surface area (Å²) < 4.78 is 26.1. The molecule has 0 aromatic carbocycles. The molecule has 7 nitrogen and oxygen atoms in total. The van der Waals surface area contributed by atoms with Crippen LogP contribution < -0.4 is 0 Å². The number of nitrogens with zero attached hydrogens (tertiary/aromatic N) is 2. The van der Waals surface area contributed by atoms with Crippen LogP contribution in [0, 0.1) is 0 Å². The lowest BCUT2D eigenvalue weighted by atomic mass is 10.2. The third-order valence-corrected chi connectivity index (χ3v) is 4.08. The van der Waals surface area contributed by atoms with Crippen molar-refractivity contribution < 1.29 is 22.7 Å². The van der Waals surface area contributed by atoms with Crippen molar-refractivity contribution in [2.24, 2.45) is 0 Å². The smallest absolute Gasteiger partial charge is 0.393 e. The zero-order valence-corrected chi connectivity index (χ0v) is 9.20. The van der Waals surface area contributed by atoms with Crippen LogP contribution in [0.2, 0.25) is 0 Å². The molecule has 8 heteroatoms. The van der Waals surface area contributed by atoms with Crippen molar-refractivity contribution in [3.8, 4) is 0 Å². The second-order valence-electron chi connectivity index (χ2n) is 3.50. The monoisotopic (exact) mass is 234 g/mol. The number of carboxylic acid groups (broad SMARTS) is 1. The Morgan fingerprint density at radius 3 is 2.27 bits per heavy atom. The van der Waals surface area contributed by atoms with E-state index in [1.165, 1.54) is 13.8 Å². The van der Waals surface area contributed by atoms with Gasteiger partial charge in [0.1, 0.15) is 4.75 Å². The number of hydrogen-bond donors (Lipinski definition) is 1. The lowest BCUT2D eigenvalue weighted by Crippen LogP contribution is -2.28. The van der Waals surface area contributed by atoms with Gasteiger partial charge in [0, 0.05) is 6.26 Å². The van der Waals surface area contributed by atoms with Crippen LogP contribution in [0.5, 0.6) is 0 Å². The van der Waals surface area contributed by atoms with Crippen LogP contribution in [-0.2, 0) is 14.6 Å². The topological polar surface area (TPSA) is 110 Å². The molecular formula is C7H10N2O5S. The highest BCUT2D eigenvalue weighted by atomic mass is 32.2. The van der Waals surface area contributed by atoms with Crippen LogP contribution in [0.4, 0.5) is 0 Å². The van der Waals surface area contributed by atoms with E-state index >= 15 is 0 Å². The standard InChI is InChI=1S/C7H10N2O5S/c1-7(2,15(3,12)13)6-9-8-4(14-6)5(10)11/h1-3H3,(H,10,11). The zero-order chi connectivity index (χ0) is 11.9. The van der Waals surface area contributed by atoms with Gasteiger partial charge in [0.2, 0.25) is 5.89 Å². The van der Waals surface area contributed by atoms with E-state index in [0.717, 1.165) is 6.26 Å². The van der Waals surface area contributed by atoms with Gasteiger partial charge >= 0.3 is 11.9 Å². The number of hydrogen-bond acceptors (Lipinski definition) is 6. The molecule has 0 aliphatic heterocycles. The summed E-state index contributed by atoms with van der Waals surface area (Å²) in [5, 5.41) is 15.1. The number of carboxylic acids is 1. The summed E-state index contributed by atoms with van der Waals surface area (Å²) in [7, 11) is -3.46. The minimum absolute atomic E-state index is 0.234. The fourth-order valence-electron chi connectivity index (χ4n) is 0.712. The molecular weight excluding hydrogens is 224 g/mol. The molecule has 0 unspecified atom stereocenters. The van der Waals surface area contributed by atoms with E-state index in [2.05, 4.69) is 10.2 Å². The van der Waals surface area contributed by atoms with Crippen LogP contribution >= 0.6 is 0 Å². The van der Waals surface area contributed by atoms with Crippen LogP contribution in [0.3, 0.4) is 0 Å². The second-order valence-corrected chi connectivity index (χ2v) is 6.06. The Kier molecular flexibility index (Phi) is 2.56. The van der Waals surface area contributed by atoms with Crippen molar-refractivity contribution in [2.75, 3.05) is 6.26 Å². The first-order valence-corrected chi connectivity index (χ1v) is 5.82. The summed E-state index contributed by atoms with van der Waals surface area (Å²) in [5.41, 5.74) is 0. The van der Waals surface area contributed by atoms with E-state index < -0.39 is 26.4 Å². The summed E-state index contributed by atoms with van der Waals surface area (Å²) in [6, 6.07) is 0. The molecule has 0 bridgehead atoms. The molecule has 84 valence electrons. The Balaban J connectivity index is 3.23. The van der Waals surface area contributed by atoms with Gasteiger partial charge in [-0.2, -0.15) is 0 Å². The number of sulfone groups is 1. The van der Waals surface area contributed by atoms with Gasteiger partial charge in [-0.1, -0.05) is 0 Å². The van der Waals surface area contributed by atoms with Gasteiger partial charge in [-0.3, -0.25) is 0 Å². The fraction of sp³-hybridized carbons (Fsp3) is 0.571. The first-order chi connectivity index (χ1) is 6.66. The van der Waals surface area contributed by atoms with Crippen molar-refractivity contribution in [2.45, 2.75) is 18.6 Å². The van der Waals surface area contributed by atoms with Gasteiger partial charge in [0.25, 0.3) is 0 Å². The summed E-state index contributed by atoms with van der Waals surface area (Å²) in [6.45, 7) is 2.73. The van der Waals surface area contributed by atoms with Crippen molar-refractivity contribution in [3.05, 3.63) is 11.8 Å². The average Bonchev–Trinajstić information content (AvgIpc) is 2.49. The van der Waals surface area contributed by atoms with Crippen molar-refractivity contribution in [1.29, 1.82) is 0 Å². The molecule has 1 aromatic rings. The lowest BCUT2D eigenvalue weighted by molar-refractivity contribution is 0.0650. The number of aromatic carboxylic acids is 1. The maximum absolute atomic E-state index is 11.4. The van der Waals surface area contributed by atoms with Crippen molar-refractivity contribution in [1.82, 2.24) is 10.2 Å². The highest BCUT2D eigenvalue weighted by Crippen LogP contribution is 2.27. The summed E-state index contributed by atoms with van der Waals surface area (Å²) in [4.78, 5) is 10.4.